The van der Waals surface area contributed by atoms with Crippen molar-refractivity contribution in [1.29, 1.82) is 0 Å². The molecule has 1 aliphatic heterocycles. The predicted octanol–water partition coefficient (Wildman–Crippen LogP) is 2.25. The molecule has 1 unspecified atom stereocenters. The molecule has 0 aliphatic carbocycles. The Balaban J connectivity index is 1.58. The number of hydrogen-bond donors (Lipinski definition) is 1. The summed E-state index contributed by atoms with van der Waals surface area (Å²) in [7, 11) is 1.58. The van der Waals surface area contributed by atoms with E-state index in [-0.39, 0.29) is 30.6 Å². The van der Waals surface area contributed by atoms with Gasteiger partial charge in [-0.3, -0.25) is 14.4 Å². The molecule has 1 aliphatic rings. The molecular weight excluding hydrogens is 382 g/mol. The van der Waals surface area contributed by atoms with Gasteiger partial charge in [-0.2, -0.15) is 0 Å². The predicted molar refractivity (Wildman–Crippen MR) is 105 cm³/mol. The summed E-state index contributed by atoms with van der Waals surface area (Å²) in [5.74, 6) is -0.491. The Kier molecular flexibility index (Phi) is 6.25. The molecule has 1 aromatic carbocycles. The third kappa shape index (κ3) is 4.66. The van der Waals surface area contributed by atoms with Crippen LogP contribution in [0.25, 0.3) is 0 Å². The van der Waals surface area contributed by atoms with Gasteiger partial charge < -0.3 is 19.7 Å². The fourth-order valence-electron chi connectivity index (χ4n) is 2.91. The lowest BCUT2D eigenvalue weighted by molar-refractivity contribution is -0.142. The second kappa shape index (κ2) is 8.83. The average Bonchev–Trinajstić information content (AvgIpc) is 3.28. The van der Waals surface area contributed by atoms with Gasteiger partial charge in [-0.1, -0.05) is 0 Å². The molecule has 1 atom stereocenters. The third-order valence-electron chi connectivity index (χ3n) is 4.29. The van der Waals surface area contributed by atoms with Crippen LogP contribution < -0.4 is 15.0 Å². The van der Waals surface area contributed by atoms with Gasteiger partial charge >= 0.3 is 5.97 Å². The number of amides is 2. The standard InChI is InChI=1S/C19H21N3O5S/c1-3-27-17(24)9-13-11-28-19(20-13)21-18(25)12-8-16(23)22(10-12)14-4-6-15(26-2)7-5-14/h4-7,11-12H,3,8-10H2,1-2H3,(H,20,21,25). The summed E-state index contributed by atoms with van der Waals surface area (Å²) in [6.07, 6.45) is 0.201. The van der Waals surface area contributed by atoms with Crippen LogP contribution in [0.5, 0.6) is 5.75 Å². The van der Waals surface area contributed by atoms with Gasteiger partial charge in [0, 0.05) is 24.0 Å². The zero-order chi connectivity index (χ0) is 20.1. The highest BCUT2D eigenvalue weighted by molar-refractivity contribution is 7.13. The van der Waals surface area contributed by atoms with Crippen LogP contribution in [0.4, 0.5) is 10.8 Å². The van der Waals surface area contributed by atoms with Crippen LogP contribution in [0.15, 0.2) is 29.6 Å². The Morgan fingerprint density at radius 2 is 2.07 bits per heavy atom. The number of thiazole rings is 1. The van der Waals surface area contributed by atoms with Crippen molar-refractivity contribution in [2.75, 3.05) is 30.5 Å². The molecule has 8 nitrogen and oxygen atoms in total. The maximum absolute atomic E-state index is 12.5. The molecule has 148 valence electrons. The highest BCUT2D eigenvalue weighted by Crippen LogP contribution is 2.28. The van der Waals surface area contributed by atoms with Gasteiger partial charge in [-0.25, -0.2) is 4.98 Å². The van der Waals surface area contributed by atoms with Crippen molar-refractivity contribution in [2.45, 2.75) is 19.8 Å². The molecule has 0 saturated carbocycles. The molecule has 2 amide bonds. The van der Waals surface area contributed by atoms with Crippen LogP contribution in [0.2, 0.25) is 0 Å². The number of rotatable bonds is 7. The zero-order valence-electron chi connectivity index (χ0n) is 15.6. The van der Waals surface area contributed by atoms with Crippen molar-refractivity contribution in [3.05, 3.63) is 35.3 Å². The molecule has 28 heavy (non-hydrogen) atoms. The quantitative estimate of drug-likeness (QED) is 0.712. The molecule has 2 heterocycles. The van der Waals surface area contributed by atoms with E-state index in [2.05, 4.69) is 10.3 Å². The summed E-state index contributed by atoms with van der Waals surface area (Å²) in [5, 5.41) is 4.84. The number of nitrogens with zero attached hydrogens (tertiary/aromatic N) is 2. The minimum absolute atomic E-state index is 0.0629. The lowest BCUT2D eigenvalue weighted by atomic mass is 10.1. The molecule has 9 heteroatoms. The van der Waals surface area contributed by atoms with Crippen molar-refractivity contribution < 1.29 is 23.9 Å². The van der Waals surface area contributed by atoms with Crippen molar-refractivity contribution in [1.82, 2.24) is 4.98 Å². The zero-order valence-corrected chi connectivity index (χ0v) is 16.5. The van der Waals surface area contributed by atoms with Crippen molar-refractivity contribution in [3.8, 4) is 5.75 Å². The number of esters is 1. The van der Waals surface area contributed by atoms with E-state index in [0.717, 1.165) is 5.69 Å². The summed E-state index contributed by atoms with van der Waals surface area (Å²) in [6, 6.07) is 7.13. The van der Waals surface area contributed by atoms with Gasteiger partial charge in [0.1, 0.15) is 5.75 Å². The normalized spacial score (nSPS) is 16.1. The Morgan fingerprint density at radius 1 is 1.32 bits per heavy atom. The summed E-state index contributed by atoms with van der Waals surface area (Å²) < 4.78 is 10.0. The largest absolute Gasteiger partial charge is 0.497 e. The second-order valence-corrected chi connectivity index (χ2v) is 7.08. The molecule has 1 N–H and O–H groups in total. The molecule has 1 aromatic heterocycles. The number of aromatic nitrogens is 1. The van der Waals surface area contributed by atoms with Gasteiger partial charge in [0.25, 0.3) is 0 Å². The van der Waals surface area contributed by atoms with Crippen LogP contribution in [0, 0.1) is 5.92 Å². The average molecular weight is 403 g/mol. The van der Waals surface area contributed by atoms with Gasteiger partial charge in [0.05, 0.1) is 31.7 Å². The monoisotopic (exact) mass is 403 g/mol. The lowest BCUT2D eigenvalue weighted by Crippen LogP contribution is -2.28. The van der Waals surface area contributed by atoms with Gasteiger partial charge in [0.15, 0.2) is 5.13 Å². The molecule has 0 radical (unpaired) electrons. The minimum Gasteiger partial charge on any atom is -0.497 e. The first-order chi connectivity index (χ1) is 13.5. The minimum atomic E-state index is -0.466. The van der Waals surface area contributed by atoms with E-state index < -0.39 is 5.92 Å². The molecular formula is C19H21N3O5S. The first kappa shape index (κ1) is 19.8. The first-order valence-corrected chi connectivity index (χ1v) is 9.73. The van der Waals surface area contributed by atoms with Crippen LogP contribution >= 0.6 is 11.3 Å². The topological polar surface area (TPSA) is 97.8 Å². The molecule has 0 bridgehead atoms. The number of carbonyl (C=O) groups excluding carboxylic acids is 3. The van der Waals surface area contributed by atoms with E-state index in [4.69, 9.17) is 9.47 Å². The SMILES string of the molecule is CCOC(=O)Cc1csc(NC(=O)C2CC(=O)N(c3ccc(OC)cc3)C2)n1. The highest BCUT2D eigenvalue weighted by atomic mass is 32.1. The number of carbonyl (C=O) groups is 3. The Bertz CT molecular complexity index is 865. The van der Waals surface area contributed by atoms with Crippen molar-refractivity contribution in [2.24, 2.45) is 5.92 Å². The molecule has 2 aromatic rings. The number of benzene rings is 1. The van der Waals surface area contributed by atoms with Gasteiger partial charge in [-0.05, 0) is 31.2 Å². The first-order valence-electron chi connectivity index (χ1n) is 8.85. The number of nitrogens with one attached hydrogen (secondary N) is 1. The number of ether oxygens (including phenoxy) is 2. The maximum atomic E-state index is 12.5. The molecule has 3 rings (SSSR count). The maximum Gasteiger partial charge on any atom is 0.311 e. The smallest absolute Gasteiger partial charge is 0.311 e. The number of anilines is 2. The van der Waals surface area contributed by atoms with Gasteiger partial charge in [-0.15, -0.1) is 11.3 Å². The highest BCUT2D eigenvalue weighted by Gasteiger charge is 2.35. The number of methoxy groups -OCH3 is 1. The molecule has 0 spiro atoms. The summed E-state index contributed by atoms with van der Waals surface area (Å²) in [4.78, 5) is 42.2. The van der Waals surface area contributed by atoms with Crippen LogP contribution in [-0.2, 0) is 25.5 Å². The Morgan fingerprint density at radius 3 is 2.75 bits per heavy atom. The summed E-state index contributed by atoms with van der Waals surface area (Å²) in [5.41, 5.74) is 1.27. The van der Waals surface area contributed by atoms with Gasteiger partial charge in [0.2, 0.25) is 11.8 Å². The lowest BCUT2D eigenvalue weighted by Gasteiger charge is -2.16. The third-order valence-corrected chi connectivity index (χ3v) is 5.10. The van der Waals surface area contributed by atoms with E-state index in [1.165, 1.54) is 11.3 Å². The molecule has 1 fully saturated rings. The summed E-state index contributed by atoms with van der Waals surface area (Å²) >= 11 is 1.24. The fourth-order valence-corrected chi connectivity index (χ4v) is 3.62. The second-order valence-electron chi connectivity index (χ2n) is 6.22. The van der Waals surface area contributed by atoms with E-state index in [0.29, 0.717) is 29.7 Å². The Hall–Kier alpha value is -2.94. The van der Waals surface area contributed by atoms with Crippen molar-refractivity contribution >= 4 is 39.9 Å². The van der Waals surface area contributed by atoms with E-state index >= 15 is 0 Å². The Labute approximate surface area is 166 Å². The van der Waals surface area contributed by atoms with Crippen molar-refractivity contribution in [3.63, 3.8) is 0 Å². The number of hydrogen-bond acceptors (Lipinski definition) is 7. The van der Waals surface area contributed by atoms with E-state index in [9.17, 15) is 14.4 Å². The van der Waals surface area contributed by atoms with E-state index in [1.54, 1.807) is 48.6 Å². The fraction of sp³-hybridized carbons (Fsp3) is 0.368. The van der Waals surface area contributed by atoms with Crippen LogP contribution in [0.3, 0.4) is 0 Å². The molecule has 1 saturated heterocycles. The van der Waals surface area contributed by atoms with E-state index in [1.807, 2.05) is 0 Å². The van der Waals surface area contributed by atoms with Crippen LogP contribution in [-0.4, -0.2) is 43.0 Å². The van der Waals surface area contributed by atoms with Crippen LogP contribution in [0.1, 0.15) is 19.0 Å². The summed E-state index contributed by atoms with van der Waals surface area (Å²) in [6.45, 7) is 2.35.